The highest BCUT2D eigenvalue weighted by atomic mass is 16.6. The number of ether oxygens (including phenoxy) is 3. The van der Waals surface area contributed by atoms with Crippen LogP contribution in [0.15, 0.2) is 109 Å². The van der Waals surface area contributed by atoms with Crippen LogP contribution in [-0.2, 0) is 28.6 Å². The molecule has 1 atom stereocenters. The molecule has 0 aliphatic heterocycles. The summed E-state index contributed by atoms with van der Waals surface area (Å²) < 4.78 is 17.0. The third kappa shape index (κ3) is 66.9. The molecule has 82 heavy (non-hydrogen) atoms. The first-order valence-corrected chi connectivity index (χ1v) is 34.9. The number of hydrogen-bond acceptors (Lipinski definition) is 6. The fraction of sp³-hybridized carbons (Fsp3) is 0.724. The van der Waals surface area contributed by atoms with Crippen molar-refractivity contribution in [3.8, 4) is 0 Å². The lowest BCUT2D eigenvalue weighted by atomic mass is 10.0. The second kappa shape index (κ2) is 69.6. The van der Waals surface area contributed by atoms with Gasteiger partial charge in [-0.15, -0.1) is 0 Å². The lowest BCUT2D eigenvalue weighted by Gasteiger charge is -2.18. The minimum Gasteiger partial charge on any atom is -0.462 e. The van der Waals surface area contributed by atoms with Crippen molar-refractivity contribution in [1.29, 1.82) is 0 Å². The van der Waals surface area contributed by atoms with Crippen molar-refractivity contribution in [2.24, 2.45) is 0 Å². The van der Waals surface area contributed by atoms with Gasteiger partial charge >= 0.3 is 17.9 Å². The fourth-order valence-electron chi connectivity index (χ4n) is 9.82. The Morgan fingerprint density at radius 2 is 0.500 bits per heavy atom. The van der Waals surface area contributed by atoms with Crippen molar-refractivity contribution in [1.82, 2.24) is 0 Å². The number of carbonyl (C=O) groups excluding carboxylic acids is 3. The highest BCUT2D eigenvalue weighted by molar-refractivity contribution is 5.71. The largest absolute Gasteiger partial charge is 0.462 e. The van der Waals surface area contributed by atoms with Gasteiger partial charge in [-0.1, -0.05) is 323 Å². The summed E-state index contributed by atoms with van der Waals surface area (Å²) in [5.74, 6) is -0.889. The lowest BCUT2D eigenvalue weighted by Crippen LogP contribution is -2.30. The first kappa shape index (κ1) is 78.1. The van der Waals surface area contributed by atoms with E-state index in [1.807, 2.05) is 0 Å². The number of hydrogen-bond donors (Lipinski definition) is 0. The van der Waals surface area contributed by atoms with E-state index in [1.54, 1.807) is 0 Å². The van der Waals surface area contributed by atoms with Crippen LogP contribution in [0.25, 0.3) is 0 Å². The molecule has 0 saturated heterocycles. The van der Waals surface area contributed by atoms with E-state index in [2.05, 4.69) is 130 Å². The molecule has 0 amide bonds. The van der Waals surface area contributed by atoms with Gasteiger partial charge in [0.2, 0.25) is 0 Å². The number of unbranched alkanes of at least 4 members (excludes halogenated alkanes) is 34. The van der Waals surface area contributed by atoms with Crippen molar-refractivity contribution < 1.29 is 28.6 Å². The Balaban J connectivity index is 4.28. The number of carbonyl (C=O) groups is 3. The van der Waals surface area contributed by atoms with Gasteiger partial charge in [0.25, 0.3) is 0 Å². The van der Waals surface area contributed by atoms with Crippen LogP contribution in [0.4, 0.5) is 0 Å². The third-order valence-electron chi connectivity index (χ3n) is 15.0. The maximum atomic E-state index is 12.9. The van der Waals surface area contributed by atoms with E-state index < -0.39 is 6.10 Å². The second-order valence-corrected chi connectivity index (χ2v) is 23.1. The Morgan fingerprint density at radius 3 is 0.793 bits per heavy atom. The molecule has 0 N–H and O–H groups in total. The molecule has 470 valence electrons. The Bertz CT molecular complexity index is 1640. The van der Waals surface area contributed by atoms with Crippen molar-refractivity contribution in [2.75, 3.05) is 13.2 Å². The van der Waals surface area contributed by atoms with Gasteiger partial charge < -0.3 is 14.2 Å². The van der Waals surface area contributed by atoms with Crippen LogP contribution in [0.2, 0.25) is 0 Å². The molecule has 0 aliphatic carbocycles. The summed E-state index contributed by atoms with van der Waals surface area (Å²) in [6, 6.07) is 0. The monoisotopic (exact) mass is 1140 g/mol. The van der Waals surface area contributed by atoms with Crippen LogP contribution >= 0.6 is 0 Å². The summed E-state index contributed by atoms with van der Waals surface area (Å²) in [6.07, 6.45) is 95.4. The van der Waals surface area contributed by atoms with Gasteiger partial charge in [0.15, 0.2) is 6.10 Å². The van der Waals surface area contributed by atoms with Crippen LogP contribution < -0.4 is 0 Å². The zero-order chi connectivity index (χ0) is 59.2. The zero-order valence-electron chi connectivity index (χ0n) is 54.0. The maximum Gasteiger partial charge on any atom is 0.306 e. The van der Waals surface area contributed by atoms with E-state index in [0.717, 1.165) is 141 Å². The average molecular weight is 1140 g/mol. The van der Waals surface area contributed by atoms with Gasteiger partial charge in [0.05, 0.1) is 0 Å². The third-order valence-corrected chi connectivity index (χ3v) is 15.0. The van der Waals surface area contributed by atoms with Crippen LogP contribution in [0.1, 0.15) is 335 Å². The van der Waals surface area contributed by atoms with Gasteiger partial charge in [-0.25, -0.2) is 0 Å². The number of allylic oxidation sites excluding steroid dienone is 18. The van der Waals surface area contributed by atoms with Crippen molar-refractivity contribution in [3.05, 3.63) is 109 Å². The number of rotatable bonds is 63. The molecule has 0 aromatic carbocycles. The number of esters is 3. The molecule has 6 nitrogen and oxygen atoms in total. The normalized spacial score (nSPS) is 12.8. The predicted octanol–water partition coefficient (Wildman–Crippen LogP) is 24.2. The molecule has 0 spiro atoms. The molecule has 0 saturated carbocycles. The van der Waals surface area contributed by atoms with Crippen molar-refractivity contribution in [2.45, 2.75) is 341 Å². The molecule has 0 radical (unpaired) electrons. The van der Waals surface area contributed by atoms with E-state index >= 15 is 0 Å². The van der Waals surface area contributed by atoms with Gasteiger partial charge in [-0.05, 0) is 103 Å². The summed E-state index contributed by atoms with van der Waals surface area (Å²) in [5.41, 5.74) is 0. The lowest BCUT2D eigenvalue weighted by molar-refractivity contribution is -0.167. The van der Waals surface area contributed by atoms with Gasteiger partial charge in [-0.3, -0.25) is 14.4 Å². The van der Waals surface area contributed by atoms with Crippen LogP contribution in [0.5, 0.6) is 0 Å². The first-order chi connectivity index (χ1) is 40.5. The molecule has 6 heteroatoms. The van der Waals surface area contributed by atoms with Crippen molar-refractivity contribution in [3.63, 3.8) is 0 Å². The highest BCUT2D eigenvalue weighted by Gasteiger charge is 2.19. The Morgan fingerprint density at radius 1 is 0.256 bits per heavy atom. The predicted molar refractivity (Wildman–Crippen MR) is 357 cm³/mol. The van der Waals surface area contributed by atoms with Crippen LogP contribution in [0.3, 0.4) is 0 Å². The minimum atomic E-state index is -0.787. The maximum absolute atomic E-state index is 12.9. The Hall–Kier alpha value is -3.93. The summed E-state index contributed by atoms with van der Waals surface area (Å²) in [4.78, 5) is 38.4. The van der Waals surface area contributed by atoms with Crippen LogP contribution in [0, 0.1) is 0 Å². The summed E-state index contributed by atoms with van der Waals surface area (Å²) in [6.45, 7) is 6.48. The molecule has 1 unspecified atom stereocenters. The molecule has 0 bridgehead atoms. The topological polar surface area (TPSA) is 78.9 Å². The highest BCUT2D eigenvalue weighted by Crippen LogP contribution is 2.17. The molecule has 0 aliphatic rings. The minimum absolute atomic E-state index is 0.0835. The van der Waals surface area contributed by atoms with E-state index in [-0.39, 0.29) is 31.1 Å². The van der Waals surface area contributed by atoms with Gasteiger partial charge in [0, 0.05) is 19.3 Å². The summed E-state index contributed by atoms with van der Waals surface area (Å²) >= 11 is 0. The molecular weight excluding hydrogens is 1010 g/mol. The SMILES string of the molecule is CC/C=C\C/C=C\C/C=C\C/C=C\C/C=C\C/C=C\C/C=C\CCCCCCCCCCCC(=O)OCC(COC(=O)CCCCCCC/C=C\C/C=C\CCC)OC(=O)CCCCCCCCCCCCCCCCCCCCCC. The molecule has 0 fully saturated rings. The van der Waals surface area contributed by atoms with E-state index in [9.17, 15) is 14.4 Å². The average Bonchev–Trinajstić information content (AvgIpc) is 3.47. The second-order valence-electron chi connectivity index (χ2n) is 23.1. The molecule has 0 heterocycles. The van der Waals surface area contributed by atoms with Gasteiger partial charge in [0.1, 0.15) is 13.2 Å². The van der Waals surface area contributed by atoms with E-state index in [1.165, 1.54) is 154 Å². The smallest absolute Gasteiger partial charge is 0.306 e. The van der Waals surface area contributed by atoms with E-state index in [0.29, 0.717) is 19.3 Å². The van der Waals surface area contributed by atoms with E-state index in [4.69, 9.17) is 14.2 Å². The van der Waals surface area contributed by atoms with Crippen molar-refractivity contribution >= 4 is 17.9 Å². The first-order valence-electron chi connectivity index (χ1n) is 34.9. The summed E-state index contributed by atoms with van der Waals surface area (Å²) in [7, 11) is 0. The Kier molecular flexibility index (Phi) is 66.2. The fourth-order valence-corrected chi connectivity index (χ4v) is 9.82. The molecular formula is C76H130O6. The van der Waals surface area contributed by atoms with Crippen LogP contribution in [-0.4, -0.2) is 37.2 Å². The molecule has 0 aromatic rings. The quantitative estimate of drug-likeness (QED) is 0.0261. The summed E-state index contributed by atoms with van der Waals surface area (Å²) in [5, 5.41) is 0. The zero-order valence-corrected chi connectivity index (χ0v) is 54.0. The standard InChI is InChI=1S/C76H130O6/c1-4-7-10-13-16-19-22-25-27-29-31-33-34-35-36-37-38-39-40-41-42-43-45-46-48-51-54-57-60-63-66-69-75(78)81-72-73(71-80-74(77)68-65-62-59-56-53-50-24-21-18-15-12-9-6-3)82-76(79)70-67-64-61-58-55-52-49-47-44-32-30-28-26-23-20-17-14-11-8-5-2/h7,10,12,15-16,19,21,24-25,27,31,33,35-36,38-39,41-42,73H,4-6,8-9,11,13-14,17-18,20,22-23,26,28-30,32,34,37,40,43-72H2,1-3H3/b10-7-,15-12-,19-16-,24-21-,27-25-,33-31-,36-35-,39-38-,42-41-. The Labute approximate surface area is 508 Å². The van der Waals surface area contributed by atoms with Gasteiger partial charge in [-0.2, -0.15) is 0 Å². The molecule has 0 aromatic heterocycles. The molecule has 0 rings (SSSR count).